The minimum atomic E-state index is -0.315. The van der Waals surface area contributed by atoms with E-state index in [0.29, 0.717) is 27.9 Å². The van der Waals surface area contributed by atoms with Gasteiger partial charge in [-0.1, -0.05) is 48.5 Å². The van der Waals surface area contributed by atoms with Gasteiger partial charge in [-0.3, -0.25) is 14.5 Å². The summed E-state index contributed by atoms with van der Waals surface area (Å²) in [6, 6.07) is 19.1. The predicted molar refractivity (Wildman–Crippen MR) is 104 cm³/mol. The lowest BCUT2D eigenvalue weighted by atomic mass is 10.1. The molecule has 6 heteroatoms. The van der Waals surface area contributed by atoms with E-state index in [9.17, 15) is 9.59 Å². The Morgan fingerprint density at radius 2 is 1.57 bits per heavy atom. The fraction of sp³-hybridized carbons (Fsp3) is 0.0909. The summed E-state index contributed by atoms with van der Waals surface area (Å²) >= 11 is 0. The SMILES string of the molecule is Cc1nn(-c2ccccc2)c2ncc3c(c12)C(=O)N(Cc1ccccc1)C3=O. The number of imide groups is 1. The lowest BCUT2D eigenvalue weighted by molar-refractivity contribution is 0.0643. The quantitative estimate of drug-likeness (QED) is 0.519. The van der Waals surface area contributed by atoms with Crippen LogP contribution in [-0.4, -0.2) is 31.5 Å². The van der Waals surface area contributed by atoms with Crippen LogP contribution in [0.4, 0.5) is 0 Å². The zero-order chi connectivity index (χ0) is 19.3. The molecule has 0 fully saturated rings. The van der Waals surface area contributed by atoms with Gasteiger partial charge in [-0.05, 0) is 24.6 Å². The molecular formula is C22H16N4O2. The molecule has 0 unspecified atom stereocenters. The summed E-state index contributed by atoms with van der Waals surface area (Å²) < 4.78 is 1.71. The minimum Gasteiger partial charge on any atom is -0.270 e. The molecule has 0 spiro atoms. The maximum Gasteiger partial charge on any atom is 0.263 e. The van der Waals surface area contributed by atoms with Crippen molar-refractivity contribution in [2.45, 2.75) is 13.5 Å². The highest BCUT2D eigenvalue weighted by Crippen LogP contribution is 2.32. The van der Waals surface area contributed by atoms with Crippen LogP contribution in [0, 0.1) is 6.92 Å². The van der Waals surface area contributed by atoms with Crippen LogP contribution in [0.2, 0.25) is 0 Å². The summed E-state index contributed by atoms with van der Waals surface area (Å²) in [6.07, 6.45) is 1.49. The monoisotopic (exact) mass is 368 g/mol. The second-order valence-corrected chi connectivity index (χ2v) is 6.76. The van der Waals surface area contributed by atoms with Crippen molar-refractivity contribution in [2.75, 3.05) is 0 Å². The van der Waals surface area contributed by atoms with Crippen LogP contribution in [0.15, 0.2) is 66.9 Å². The number of para-hydroxylation sites is 1. The first-order valence-corrected chi connectivity index (χ1v) is 8.99. The molecule has 1 aliphatic heterocycles. The van der Waals surface area contributed by atoms with E-state index in [1.165, 1.54) is 11.1 Å². The molecule has 0 radical (unpaired) electrons. The van der Waals surface area contributed by atoms with Gasteiger partial charge >= 0.3 is 0 Å². The lowest BCUT2D eigenvalue weighted by Crippen LogP contribution is -2.29. The van der Waals surface area contributed by atoms with Crippen molar-refractivity contribution >= 4 is 22.8 Å². The molecule has 2 aromatic carbocycles. The Kier molecular flexibility index (Phi) is 3.58. The average molecular weight is 368 g/mol. The van der Waals surface area contributed by atoms with Crippen molar-refractivity contribution in [3.05, 3.63) is 89.2 Å². The summed E-state index contributed by atoms with van der Waals surface area (Å²) in [4.78, 5) is 31.8. The van der Waals surface area contributed by atoms with Crippen LogP contribution < -0.4 is 0 Å². The van der Waals surface area contributed by atoms with Crippen molar-refractivity contribution in [1.29, 1.82) is 0 Å². The standard InChI is InChI=1S/C22H16N4O2/c1-14-18-19-17(12-23-20(18)26(24-14)16-10-6-3-7-11-16)21(27)25(22(19)28)13-15-8-4-2-5-9-15/h2-12H,13H2,1H3. The Hall–Kier alpha value is -3.80. The Labute approximate surface area is 161 Å². The van der Waals surface area contributed by atoms with E-state index < -0.39 is 0 Å². The van der Waals surface area contributed by atoms with Crippen molar-refractivity contribution < 1.29 is 9.59 Å². The number of fused-ring (bicyclic) bond motifs is 3. The fourth-order valence-electron chi connectivity index (χ4n) is 3.67. The van der Waals surface area contributed by atoms with Crippen molar-refractivity contribution in [3.63, 3.8) is 0 Å². The highest BCUT2D eigenvalue weighted by atomic mass is 16.2. The zero-order valence-corrected chi connectivity index (χ0v) is 15.2. The highest BCUT2D eigenvalue weighted by molar-refractivity contribution is 6.26. The van der Waals surface area contributed by atoms with Gasteiger partial charge in [0.15, 0.2) is 5.65 Å². The number of benzene rings is 2. The van der Waals surface area contributed by atoms with E-state index in [4.69, 9.17) is 0 Å². The Morgan fingerprint density at radius 1 is 0.893 bits per heavy atom. The molecule has 1 aliphatic rings. The Morgan fingerprint density at radius 3 is 2.29 bits per heavy atom. The zero-order valence-electron chi connectivity index (χ0n) is 15.2. The molecule has 0 saturated carbocycles. The number of carbonyl (C=O) groups excluding carboxylic acids is 2. The molecule has 0 bridgehead atoms. The van der Waals surface area contributed by atoms with Crippen molar-refractivity contribution in [1.82, 2.24) is 19.7 Å². The molecule has 3 heterocycles. The number of carbonyl (C=O) groups is 2. The molecular weight excluding hydrogens is 352 g/mol. The van der Waals surface area contributed by atoms with Gasteiger partial charge in [0.2, 0.25) is 0 Å². The Bertz CT molecular complexity index is 1230. The molecule has 0 aliphatic carbocycles. The van der Waals surface area contributed by atoms with Crippen LogP contribution >= 0.6 is 0 Å². The summed E-state index contributed by atoms with van der Waals surface area (Å²) in [5.74, 6) is -0.614. The van der Waals surface area contributed by atoms with Gasteiger partial charge < -0.3 is 0 Å². The molecule has 28 heavy (non-hydrogen) atoms. The van der Waals surface area contributed by atoms with Gasteiger partial charge in [0, 0.05) is 6.20 Å². The second kappa shape index (κ2) is 6.13. The molecule has 2 aromatic heterocycles. The summed E-state index contributed by atoms with van der Waals surface area (Å²) in [5.41, 5.74) is 3.73. The molecule has 0 N–H and O–H groups in total. The Balaban J connectivity index is 1.65. The van der Waals surface area contributed by atoms with Crippen LogP contribution in [0.25, 0.3) is 16.7 Å². The molecule has 5 rings (SSSR count). The topological polar surface area (TPSA) is 68.1 Å². The number of amides is 2. The number of aryl methyl sites for hydroxylation is 1. The number of pyridine rings is 1. The number of rotatable bonds is 3. The van der Waals surface area contributed by atoms with Gasteiger partial charge in [0.1, 0.15) is 0 Å². The van der Waals surface area contributed by atoms with Gasteiger partial charge in [-0.25, -0.2) is 9.67 Å². The predicted octanol–water partition coefficient (Wildman–Crippen LogP) is 3.53. The minimum absolute atomic E-state index is 0.237. The van der Waals surface area contributed by atoms with Crippen molar-refractivity contribution in [2.24, 2.45) is 0 Å². The molecule has 2 amide bonds. The molecule has 4 aromatic rings. The van der Waals surface area contributed by atoms with E-state index in [1.807, 2.05) is 67.6 Å². The first-order valence-electron chi connectivity index (χ1n) is 8.99. The number of hydrogen-bond donors (Lipinski definition) is 0. The van der Waals surface area contributed by atoms with E-state index in [-0.39, 0.29) is 18.4 Å². The van der Waals surface area contributed by atoms with Gasteiger partial charge in [-0.15, -0.1) is 0 Å². The number of nitrogens with zero attached hydrogens (tertiary/aromatic N) is 4. The molecule has 0 saturated heterocycles. The van der Waals surface area contributed by atoms with Gasteiger partial charge in [0.05, 0.1) is 34.4 Å². The first-order chi connectivity index (χ1) is 13.6. The normalized spacial score (nSPS) is 13.4. The summed E-state index contributed by atoms with van der Waals surface area (Å²) in [5, 5.41) is 5.21. The van der Waals surface area contributed by atoms with Gasteiger partial charge in [-0.2, -0.15) is 5.10 Å². The van der Waals surface area contributed by atoms with E-state index >= 15 is 0 Å². The maximum atomic E-state index is 13.2. The maximum absolute atomic E-state index is 13.2. The van der Waals surface area contributed by atoms with E-state index in [0.717, 1.165) is 11.3 Å². The van der Waals surface area contributed by atoms with Crippen LogP contribution in [0.5, 0.6) is 0 Å². The van der Waals surface area contributed by atoms with E-state index in [1.54, 1.807) is 4.68 Å². The second-order valence-electron chi connectivity index (χ2n) is 6.76. The highest BCUT2D eigenvalue weighted by Gasteiger charge is 2.38. The fourth-order valence-corrected chi connectivity index (χ4v) is 3.67. The summed E-state index contributed by atoms with van der Waals surface area (Å²) in [7, 11) is 0. The van der Waals surface area contributed by atoms with E-state index in [2.05, 4.69) is 10.1 Å². The largest absolute Gasteiger partial charge is 0.270 e. The molecule has 0 atom stereocenters. The van der Waals surface area contributed by atoms with Gasteiger partial charge in [0.25, 0.3) is 11.8 Å². The average Bonchev–Trinajstić information content (AvgIpc) is 3.19. The van der Waals surface area contributed by atoms with Crippen molar-refractivity contribution in [3.8, 4) is 5.69 Å². The number of hydrogen-bond acceptors (Lipinski definition) is 4. The first kappa shape index (κ1) is 16.4. The lowest BCUT2D eigenvalue weighted by Gasteiger charge is -2.13. The smallest absolute Gasteiger partial charge is 0.263 e. The van der Waals surface area contributed by atoms with Crippen LogP contribution in [0.1, 0.15) is 32.0 Å². The third-order valence-electron chi connectivity index (χ3n) is 4.99. The molecule has 136 valence electrons. The third kappa shape index (κ3) is 2.35. The van der Waals surface area contributed by atoms with Crippen LogP contribution in [0.3, 0.4) is 0 Å². The number of aromatic nitrogens is 3. The molecule has 6 nitrogen and oxygen atoms in total. The summed E-state index contributed by atoms with van der Waals surface area (Å²) in [6.45, 7) is 2.07. The third-order valence-corrected chi connectivity index (χ3v) is 4.99. The van der Waals surface area contributed by atoms with Crippen LogP contribution in [-0.2, 0) is 6.54 Å².